The van der Waals surface area contributed by atoms with E-state index in [-0.39, 0.29) is 10.8 Å². The van der Waals surface area contributed by atoms with Crippen LogP contribution in [0.4, 0.5) is 34.1 Å². The molecule has 4 heterocycles. The summed E-state index contributed by atoms with van der Waals surface area (Å²) in [7, 11) is 0. The van der Waals surface area contributed by atoms with Crippen molar-refractivity contribution in [1.29, 1.82) is 0 Å². The highest BCUT2D eigenvalue weighted by Gasteiger charge is 2.30. The standard InChI is InChI=1S/C62H50N4/c1-61(2,3)39-27-32-51-49(35-39)57-53(64(43-23-15-9-16-24-43)44-25-17-10-18-26-44)34-31-47-56-55(66(51)59(47)57)38-48-46-30-29-45(63(41-19-11-7-12-20-41)42-21-13-8-14-22-42)37-54(46)65-52-33-28-40(62(4,5)6)36-50(52)58(56)60(48)65/h7-38H,1-6H3. The molecule has 0 atom stereocenters. The summed E-state index contributed by atoms with van der Waals surface area (Å²) in [5.41, 5.74) is 16.9. The van der Waals surface area contributed by atoms with Gasteiger partial charge in [0.05, 0.1) is 38.8 Å². The maximum Gasteiger partial charge on any atom is 0.0641 e. The van der Waals surface area contributed by atoms with E-state index in [9.17, 15) is 0 Å². The van der Waals surface area contributed by atoms with Crippen molar-refractivity contribution in [1.82, 2.24) is 8.80 Å². The van der Waals surface area contributed by atoms with Gasteiger partial charge >= 0.3 is 0 Å². The van der Waals surface area contributed by atoms with Gasteiger partial charge in [-0.05, 0) is 119 Å². The molecule has 13 aromatic rings. The van der Waals surface area contributed by atoms with Gasteiger partial charge in [0.1, 0.15) is 0 Å². The number of hydrogen-bond acceptors (Lipinski definition) is 2. The molecular weight excluding hydrogens is 801 g/mol. The largest absolute Gasteiger partial charge is 0.310 e. The summed E-state index contributed by atoms with van der Waals surface area (Å²) >= 11 is 0. The number of benzene rings is 9. The molecule has 4 nitrogen and oxygen atoms in total. The molecule has 66 heavy (non-hydrogen) atoms. The quantitative estimate of drug-likeness (QED) is 0.166. The molecule has 318 valence electrons. The van der Waals surface area contributed by atoms with Gasteiger partial charge in [-0.3, -0.25) is 0 Å². The Labute approximate surface area is 384 Å². The van der Waals surface area contributed by atoms with Crippen molar-refractivity contribution in [2.45, 2.75) is 52.4 Å². The summed E-state index contributed by atoms with van der Waals surface area (Å²) in [6, 6.07) is 72.0. The smallest absolute Gasteiger partial charge is 0.0641 e. The van der Waals surface area contributed by atoms with Crippen LogP contribution in [0.5, 0.6) is 0 Å². The van der Waals surface area contributed by atoms with E-state index in [0.29, 0.717) is 0 Å². The van der Waals surface area contributed by atoms with Gasteiger partial charge < -0.3 is 18.6 Å². The third-order valence-corrected chi connectivity index (χ3v) is 14.2. The molecule has 0 aliphatic carbocycles. The Morgan fingerprint density at radius 2 is 0.758 bits per heavy atom. The molecule has 0 fully saturated rings. The van der Waals surface area contributed by atoms with Crippen LogP contribution in [-0.4, -0.2) is 8.80 Å². The molecule has 13 rings (SSSR count). The fraction of sp³-hybridized carbons (Fsp3) is 0.129. The molecule has 0 radical (unpaired) electrons. The molecule has 4 aromatic heterocycles. The summed E-state index contributed by atoms with van der Waals surface area (Å²) in [4.78, 5) is 4.82. The predicted octanol–water partition coefficient (Wildman–Crippen LogP) is 17.5. The minimum Gasteiger partial charge on any atom is -0.310 e. The molecule has 0 saturated heterocycles. The summed E-state index contributed by atoms with van der Waals surface area (Å²) in [6.07, 6.45) is 0. The summed E-state index contributed by atoms with van der Waals surface area (Å²) < 4.78 is 5.17. The molecule has 0 amide bonds. The Balaban J connectivity index is 1.19. The van der Waals surface area contributed by atoms with Crippen LogP contribution in [0.1, 0.15) is 52.7 Å². The Kier molecular flexibility index (Phi) is 8.10. The first kappa shape index (κ1) is 38.6. The lowest BCUT2D eigenvalue weighted by Crippen LogP contribution is -2.11. The van der Waals surface area contributed by atoms with Crippen molar-refractivity contribution < 1.29 is 0 Å². The van der Waals surface area contributed by atoms with Crippen LogP contribution in [0.25, 0.3) is 76.2 Å². The summed E-state index contributed by atoms with van der Waals surface area (Å²) in [5, 5.41) is 10.3. The van der Waals surface area contributed by atoms with E-state index in [2.05, 4.69) is 254 Å². The number of fused-ring (bicyclic) bond motifs is 13. The molecule has 0 saturated carbocycles. The van der Waals surface area contributed by atoms with Crippen molar-refractivity contribution >= 4 is 110 Å². The van der Waals surface area contributed by atoms with Crippen LogP contribution < -0.4 is 9.80 Å². The lowest BCUT2D eigenvalue weighted by Gasteiger charge is -2.26. The van der Waals surface area contributed by atoms with E-state index in [1.807, 2.05) is 0 Å². The van der Waals surface area contributed by atoms with E-state index in [0.717, 1.165) is 28.4 Å². The highest BCUT2D eigenvalue weighted by Crippen LogP contribution is 2.52. The summed E-state index contributed by atoms with van der Waals surface area (Å²) in [5.74, 6) is 0. The number of aromatic nitrogens is 2. The van der Waals surface area contributed by atoms with Crippen molar-refractivity contribution in [2.24, 2.45) is 0 Å². The SMILES string of the molecule is CC(C)(C)c1ccc2c(c1)c1c(N(c3ccccc3)c3ccccc3)ccc3c4c5c6cc(C(C)(C)C)ccc6n6c7cc(N(c8ccccc8)c8ccccc8)ccc7c(cc4n2c31)c56. The average Bonchev–Trinajstić information content (AvgIpc) is 4.05. The van der Waals surface area contributed by atoms with Gasteiger partial charge in [-0.1, -0.05) is 139 Å². The van der Waals surface area contributed by atoms with Crippen molar-refractivity contribution in [3.05, 3.63) is 205 Å². The fourth-order valence-electron chi connectivity index (χ4n) is 11.1. The van der Waals surface area contributed by atoms with Gasteiger partial charge in [0.2, 0.25) is 0 Å². The fourth-order valence-corrected chi connectivity index (χ4v) is 11.1. The monoisotopic (exact) mass is 850 g/mol. The molecule has 0 unspecified atom stereocenters. The molecule has 0 N–H and O–H groups in total. The van der Waals surface area contributed by atoms with E-state index >= 15 is 0 Å². The number of nitrogens with zero attached hydrogens (tertiary/aromatic N) is 4. The van der Waals surface area contributed by atoms with Crippen LogP contribution in [0.3, 0.4) is 0 Å². The van der Waals surface area contributed by atoms with Crippen LogP contribution in [0, 0.1) is 0 Å². The van der Waals surface area contributed by atoms with Gasteiger partial charge in [-0.25, -0.2) is 0 Å². The third kappa shape index (κ3) is 5.51. The van der Waals surface area contributed by atoms with Crippen molar-refractivity contribution in [3.8, 4) is 0 Å². The van der Waals surface area contributed by atoms with Gasteiger partial charge in [0, 0.05) is 71.5 Å². The molecule has 0 aliphatic heterocycles. The van der Waals surface area contributed by atoms with Crippen LogP contribution in [-0.2, 0) is 10.8 Å². The second-order valence-electron chi connectivity index (χ2n) is 20.2. The first-order valence-electron chi connectivity index (χ1n) is 23.3. The van der Waals surface area contributed by atoms with Gasteiger partial charge in [0.25, 0.3) is 0 Å². The van der Waals surface area contributed by atoms with Crippen molar-refractivity contribution in [3.63, 3.8) is 0 Å². The first-order chi connectivity index (χ1) is 32.0. The van der Waals surface area contributed by atoms with E-state index in [4.69, 9.17) is 0 Å². The second kappa shape index (κ2) is 13.8. The van der Waals surface area contributed by atoms with Gasteiger partial charge in [0.15, 0.2) is 0 Å². The maximum atomic E-state index is 2.60. The Morgan fingerprint density at radius 3 is 1.27 bits per heavy atom. The molecule has 0 bridgehead atoms. The average molecular weight is 851 g/mol. The highest BCUT2D eigenvalue weighted by atomic mass is 15.2. The Bertz CT molecular complexity index is 3900. The number of hydrogen-bond donors (Lipinski definition) is 0. The zero-order valence-electron chi connectivity index (χ0n) is 38.3. The molecular formula is C62H50N4. The summed E-state index contributed by atoms with van der Waals surface area (Å²) in [6.45, 7) is 14.0. The molecule has 0 spiro atoms. The lowest BCUT2D eigenvalue weighted by atomic mass is 9.86. The van der Waals surface area contributed by atoms with Crippen molar-refractivity contribution in [2.75, 3.05) is 9.80 Å². The molecule has 0 aliphatic rings. The first-order valence-corrected chi connectivity index (χ1v) is 23.3. The maximum absolute atomic E-state index is 2.60. The van der Waals surface area contributed by atoms with Crippen LogP contribution in [0.2, 0.25) is 0 Å². The van der Waals surface area contributed by atoms with Gasteiger partial charge in [-0.2, -0.15) is 0 Å². The van der Waals surface area contributed by atoms with Crippen LogP contribution >= 0.6 is 0 Å². The second-order valence-corrected chi connectivity index (χ2v) is 20.2. The van der Waals surface area contributed by atoms with E-state index in [1.54, 1.807) is 0 Å². The number of anilines is 6. The zero-order valence-corrected chi connectivity index (χ0v) is 38.3. The molecule has 4 heteroatoms. The Morgan fingerprint density at radius 1 is 0.303 bits per heavy atom. The van der Waals surface area contributed by atoms with Gasteiger partial charge in [-0.15, -0.1) is 0 Å². The minimum atomic E-state index is -0.0239. The normalized spacial score (nSPS) is 12.7. The predicted molar refractivity (Wildman–Crippen MR) is 283 cm³/mol. The van der Waals surface area contributed by atoms with Crippen LogP contribution in [0.15, 0.2) is 194 Å². The number of para-hydroxylation sites is 4. The van der Waals surface area contributed by atoms with E-state index in [1.165, 1.54) is 93.0 Å². The zero-order chi connectivity index (χ0) is 44.6. The highest BCUT2D eigenvalue weighted by molar-refractivity contribution is 6.39. The molecule has 9 aromatic carbocycles. The Hall–Kier alpha value is -7.82. The van der Waals surface area contributed by atoms with E-state index < -0.39 is 0 Å². The number of rotatable bonds is 6. The topological polar surface area (TPSA) is 15.3 Å². The third-order valence-electron chi connectivity index (χ3n) is 14.2. The minimum absolute atomic E-state index is 0.0230. The lowest BCUT2D eigenvalue weighted by molar-refractivity contribution is 0.591.